The number of aromatic hydroxyl groups is 1. The second kappa shape index (κ2) is 9.60. The first kappa shape index (κ1) is 22.1. The van der Waals surface area contributed by atoms with Gasteiger partial charge in [0.1, 0.15) is 5.75 Å². The zero-order valence-corrected chi connectivity index (χ0v) is 20.8. The molecule has 0 aromatic heterocycles. The summed E-state index contributed by atoms with van der Waals surface area (Å²) >= 11 is 4.29. The average molecular weight is 640 g/mol. The third-order valence-electron chi connectivity index (χ3n) is 4.87. The number of benzene rings is 4. The van der Waals surface area contributed by atoms with Crippen molar-refractivity contribution in [2.24, 2.45) is 0 Å². The van der Waals surface area contributed by atoms with Crippen molar-refractivity contribution in [3.8, 4) is 51.6 Å². The van der Waals surface area contributed by atoms with Crippen molar-refractivity contribution in [1.29, 1.82) is 10.5 Å². The van der Waals surface area contributed by atoms with Crippen molar-refractivity contribution in [2.45, 2.75) is 0 Å². The highest BCUT2D eigenvalue weighted by Gasteiger charge is 2.14. The number of hydrogen-bond acceptors (Lipinski definition) is 4. The molecule has 0 amide bonds. The molecule has 0 unspecified atom stereocenters. The van der Waals surface area contributed by atoms with Crippen LogP contribution in [0, 0.1) is 29.8 Å². The third-order valence-corrected chi connectivity index (χ3v) is 6.54. The van der Waals surface area contributed by atoms with Crippen molar-refractivity contribution < 1.29 is 9.84 Å². The number of nitriles is 2. The lowest BCUT2D eigenvalue weighted by Crippen LogP contribution is -1.92. The Morgan fingerprint density at radius 2 is 1.09 bits per heavy atom. The molecule has 1 N–H and O–H groups in total. The number of rotatable bonds is 4. The standard InChI is InChI=1S/C26H14I2N2O2/c27-22-11-20(18-5-1-16(14-29)2-6-18)9-10-24(22)32-25-13-21(12-23(28)26(25)31)19-7-3-17(15-30)4-8-19/h1-13,31H. The predicted octanol–water partition coefficient (Wildman–Crippen LogP) is 7.47. The fourth-order valence-corrected chi connectivity index (χ4v) is 4.40. The number of hydrogen-bond donors (Lipinski definition) is 1. The Labute approximate surface area is 213 Å². The van der Waals surface area contributed by atoms with E-state index in [0.717, 1.165) is 25.8 Å². The van der Waals surface area contributed by atoms with Crippen molar-refractivity contribution >= 4 is 45.2 Å². The van der Waals surface area contributed by atoms with E-state index in [-0.39, 0.29) is 5.75 Å². The Kier molecular flexibility index (Phi) is 6.63. The van der Waals surface area contributed by atoms with E-state index in [9.17, 15) is 5.11 Å². The molecule has 4 rings (SSSR count). The molecular weight excluding hydrogens is 626 g/mol. The van der Waals surface area contributed by atoms with Crippen LogP contribution in [0.1, 0.15) is 11.1 Å². The first-order chi connectivity index (χ1) is 15.5. The number of phenolic OH excluding ortho intramolecular Hbond substituents is 1. The summed E-state index contributed by atoms with van der Waals surface area (Å²) in [5, 5.41) is 28.6. The van der Waals surface area contributed by atoms with Crippen LogP contribution in [0.3, 0.4) is 0 Å². The van der Waals surface area contributed by atoms with Crippen LogP contribution in [0.25, 0.3) is 22.3 Å². The van der Waals surface area contributed by atoms with Crippen LogP contribution in [0.4, 0.5) is 0 Å². The highest BCUT2D eigenvalue weighted by Crippen LogP contribution is 2.40. The van der Waals surface area contributed by atoms with Crippen LogP contribution in [-0.4, -0.2) is 5.11 Å². The molecule has 0 aliphatic carbocycles. The minimum atomic E-state index is 0.0787. The number of ether oxygens (including phenoxy) is 1. The molecule has 0 heterocycles. The second-order valence-electron chi connectivity index (χ2n) is 6.93. The van der Waals surface area contributed by atoms with Gasteiger partial charge in [-0.1, -0.05) is 30.3 Å². The van der Waals surface area contributed by atoms with Gasteiger partial charge in [0.05, 0.1) is 30.4 Å². The highest BCUT2D eigenvalue weighted by atomic mass is 127. The summed E-state index contributed by atoms with van der Waals surface area (Å²) < 4.78 is 7.66. The van der Waals surface area contributed by atoms with E-state index in [2.05, 4.69) is 57.3 Å². The van der Waals surface area contributed by atoms with Crippen molar-refractivity contribution in [3.63, 3.8) is 0 Å². The van der Waals surface area contributed by atoms with Gasteiger partial charge >= 0.3 is 0 Å². The summed E-state index contributed by atoms with van der Waals surface area (Å²) in [7, 11) is 0. The monoisotopic (exact) mass is 640 g/mol. The Bertz CT molecular complexity index is 1380. The highest BCUT2D eigenvalue weighted by molar-refractivity contribution is 14.1. The molecule has 0 atom stereocenters. The van der Waals surface area contributed by atoms with Gasteiger partial charge in [0.25, 0.3) is 0 Å². The van der Waals surface area contributed by atoms with Crippen LogP contribution < -0.4 is 4.74 Å². The smallest absolute Gasteiger partial charge is 0.172 e. The normalized spacial score (nSPS) is 10.2. The Morgan fingerprint density at radius 1 is 0.594 bits per heavy atom. The summed E-state index contributed by atoms with van der Waals surface area (Å²) in [5.41, 5.74) is 5.05. The predicted molar refractivity (Wildman–Crippen MR) is 140 cm³/mol. The van der Waals surface area contributed by atoms with Crippen LogP contribution in [-0.2, 0) is 0 Å². The molecule has 0 saturated heterocycles. The minimum absolute atomic E-state index is 0.0787. The van der Waals surface area contributed by atoms with Gasteiger partial charge in [-0.25, -0.2) is 0 Å². The third kappa shape index (κ3) is 4.72. The van der Waals surface area contributed by atoms with E-state index in [1.54, 1.807) is 30.3 Å². The molecule has 0 spiro atoms. The van der Waals surface area contributed by atoms with Crippen molar-refractivity contribution in [2.75, 3.05) is 0 Å². The summed E-state index contributed by atoms with van der Waals surface area (Å²) in [6, 6.07) is 28.4. The van der Waals surface area contributed by atoms with Crippen LogP contribution in [0.5, 0.6) is 17.2 Å². The van der Waals surface area contributed by atoms with Gasteiger partial charge in [-0.2, -0.15) is 10.5 Å². The quantitative estimate of drug-likeness (QED) is 0.235. The fraction of sp³-hybridized carbons (Fsp3) is 0. The molecule has 0 bridgehead atoms. The molecule has 0 saturated carbocycles. The molecule has 0 radical (unpaired) electrons. The lowest BCUT2D eigenvalue weighted by molar-refractivity contribution is 0.407. The molecule has 4 aromatic carbocycles. The van der Waals surface area contributed by atoms with Gasteiger partial charge in [0.2, 0.25) is 0 Å². The molecular formula is C26H14I2N2O2. The van der Waals surface area contributed by atoms with Gasteiger partial charge < -0.3 is 9.84 Å². The molecule has 4 nitrogen and oxygen atoms in total. The van der Waals surface area contributed by atoms with E-state index in [1.807, 2.05) is 48.5 Å². The number of halogens is 2. The Hall–Kier alpha value is -3.08. The summed E-state index contributed by atoms with van der Waals surface area (Å²) in [6.45, 7) is 0. The molecule has 154 valence electrons. The van der Waals surface area contributed by atoms with Gasteiger partial charge in [0, 0.05) is 0 Å². The average Bonchev–Trinajstić information content (AvgIpc) is 2.83. The lowest BCUT2D eigenvalue weighted by atomic mass is 10.0. The maximum absolute atomic E-state index is 10.6. The zero-order chi connectivity index (χ0) is 22.7. The molecule has 0 fully saturated rings. The van der Waals surface area contributed by atoms with Crippen LogP contribution in [0.2, 0.25) is 0 Å². The molecule has 32 heavy (non-hydrogen) atoms. The van der Waals surface area contributed by atoms with Crippen molar-refractivity contribution in [1.82, 2.24) is 0 Å². The van der Waals surface area contributed by atoms with Crippen LogP contribution >= 0.6 is 45.2 Å². The second-order valence-corrected chi connectivity index (χ2v) is 9.25. The van der Waals surface area contributed by atoms with E-state index in [4.69, 9.17) is 15.3 Å². The maximum atomic E-state index is 10.6. The van der Waals surface area contributed by atoms with E-state index < -0.39 is 0 Å². The first-order valence-electron chi connectivity index (χ1n) is 9.49. The first-order valence-corrected chi connectivity index (χ1v) is 11.7. The van der Waals surface area contributed by atoms with Crippen molar-refractivity contribution in [3.05, 3.63) is 97.1 Å². The van der Waals surface area contributed by atoms with Gasteiger partial charge in [-0.15, -0.1) is 0 Å². The fourth-order valence-electron chi connectivity index (χ4n) is 3.17. The van der Waals surface area contributed by atoms with Gasteiger partial charge in [-0.3, -0.25) is 0 Å². The molecule has 0 aliphatic heterocycles. The lowest BCUT2D eigenvalue weighted by Gasteiger charge is -2.14. The van der Waals surface area contributed by atoms with E-state index in [1.165, 1.54) is 0 Å². The summed E-state index contributed by atoms with van der Waals surface area (Å²) in [4.78, 5) is 0. The van der Waals surface area contributed by atoms with Gasteiger partial charge in [-0.05, 0) is 116 Å². The Morgan fingerprint density at radius 3 is 1.62 bits per heavy atom. The maximum Gasteiger partial charge on any atom is 0.172 e. The van der Waals surface area contributed by atoms with Crippen LogP contribution in [0.15, 0.2) is 78.9 Å². The number of phenols is 1. The summed E-state index contributed by atoms with van der Waals surface area (Å²) in [6.07, 6.45) is 0. The molecule has 6 heteroatoms. The molecule has 4 aromatic rings. The largest absolute Gasteiger partial charge is 0.504 e. The molecule has 0 aliphatic rings. The van der Waals surface area contributed by atoms with Gasteiger partial charge in [0.15, 0.2) is 11.5 Å². The topological polar surface area (TPSA) is 77.0 Å². The SMILES string of the molecule is N#Cc1ccc(-c2ccc(Oc3cc(-c4ccc(C#N)cc4)cc(I)c3O)c(I)c2)cc1. The minimum Gasteiger partial charge on any atom is -0.504 e. The number of nitrogens with zero attached hydrogens (tertiary/aromatic N) is 2. The summed E-state index contributed by atoms with van der Waals surface area (Å²) in [5.74, 6) is 1.07. The zero-order valence-electron chi connectivity index (χ0n) is 16.5. The van der Waals surface area contributed by atoms with E-state index >= 15 is 0 Å². The Balaban J connectivity index is 1.65. The van der Waals surface area contributed by atoms with E-state index in [0.29, 0.717) is 26.2 Å².